The SMILES string of the molecule is CC(C)c1ccc(-c2cc3[se]c(-c4ccc(C(C)C)s4)cc3[se]2)s1. The normalized spacial score (nSPS) is 12.1. The molecule has 0 saturated carbocycles. The van der Waals surface area contributed by atoms with Gasteiger partial charge in [0, 0.05) is 0 Å². The van der Waals surface area contributed by atoms with Gasteiger partial charge in [0.15, 0.2) is 0 Å². The Hall–Kier alpha value is -0.341. The van der Waals surface area contributed by atoms with Gasteiger partial charge in [0.2, 0.25) is 0 Å². The average Bonchev–Trinajstić information content (AvgIpc) is 3.28. The van der Waals surface area contributed by atoms with Crippen LogP contribution in [0.1, 0.15) is 49.3 Å². The third-order valence-corrected chi connectivity index (χ3v) is 12.8. The van der Waals surface area contributed by atoms with Gasteiger partial charge in [0.1, 0.15) is 0 Å². The number of hydrogen-bond donors (Lipinski definition) is 0. The Balaban J connectivity index is 1.66. The summed E-state index contributed by atoms with van der Waals surface area (Å²) >= 11 is 4.97. The molecule has 0 aliphatic carbocycles. The standard InChI is InChI=1S/C20H20S2Se2/c1-11(2)13-5-7-15(21-13)17-9-19-20(23-17)10-18(24-19)16-8-6-14(22-16)12(3)4/h5-12H,1-4H3. The Morgan fingerprint density at radius 2 is 1.08 bits per heavy atom. The summed E-state index contributed by atoms with van der Waals surface area (Å²) in [6.07, 6.45) is 0. The van der Waals surface area contributed by atoms with Crippen LogP contribution in [0, 0.1) is 0 Å². The summed E-state index contributed by atoms with van der Waals surface area (Å²) < 4.78 is 6.45. The summed E-state index contributed by atoms with van der Waals surface area (Å²) in [5.41, 5.74) is 0. The Bertz CT molecular complexity index is 871. The van der Waals surface area contributed by atoms with Gasteiger partial charge in [-0.25, -0.2) is 0 Å². The van der Waals surface area contributed by atoms with E-state index in [0.717, 1.165) is 0 Å². The van der Waals surface area contributed by atoms with Crippen molar-refractivity contribution in [3.63, 3.8) is 0 Å². The third-order valence-electron chi connectivity index (χ3n) is 4.08. The zero-order chi connectivity index (χ0) is 16.8. The van der Waals surface area contributed by atoms with Crippen LogP contribution in [0.5, 0.6) is 0 Å². The van der Waals surface area contributed by atoms with Crippen molar-refractivity contribution in [2.24, 2.45) is 0 Å². The quantitative estimate of drug-likeness (QED) is 0.286. The Morgan fingerprint density at radius 1 is 0.667 bits per heavy atom. The maximum atomic E-state index is 2.51. The summed E-state index contributed by atoms with van der Waals surface area (Å²) in [7, 11) is 0. The second-order valence-corrected chi connectivity index (χ2v) is 13.4. The van der Waals surface area contributed by atoms with Crippen molar-refractivity contribution in [3.05, 3.63) is 46.2 Å². The van der Waals surface area contributed by atoms with E-state index in [1.54, 1.807) is 17.4 Å². The molecule has 0 aliphatic rings. The van der Waals surface area contributed by atoms with Crippen LogP contribution < -0.4 is 0 Å². The molecule has 4 aromatic heterocycles. The van der Waals surface area contributed by atoms with Crippen molar-refractivity contribution in [3.8, 4) is 18.6 Å². The van der Waals surface area contributed by atoms with Gasteiger partial charge in [-0.3, -0.25) is 0 Å². The zero-order valence-corrected chi connectivity index (χ0v) is 19.3. The summed E-state index contributed by atoms with van der Waals surface area (Å²) in [4.78, 5) is 6.01. The molecule has 0 bridgehead atoms. The van der Waals surface area contributed by atoms with Crippen molar-refractivity contribution in [2.45, 2.75) is 39.5 Å². The molecule has 0 saturated heterocycles. The first-order valence-corrected chi connectivity index (χ1v) is 13.3. The first kappa shape index (κ1) is 17.1. The van der Waals surface area contributed by atoms with Gasteiger partial charge in [-0.05, 0) is 0 Å². The van der Waals surface area contributed by atoms with Crippen molar-refractivity contribution >= 4 is 60.2 Å². The van der Waals surface area contributed by atoms with Crippen molar-refractivity contribution in [2.75, 3.05) is 0 Å². The van der Waals surface area contributed by atoms with Crippen LogP contribution >= 0.6 is 22.7 Å². The minimum absolute atomic E-state index is 0.496. The van der Waals surface area contributed by atoms with Crippen LogP contribution in [-0.2, 0) is 0 Å². The Labute approximate surface area is 163 Å². The molecular weight excluding hydrogens is 462 g/mol. The fourth-order valence-electron chi connectivity index (χ4n) is 2.67. The van der Waals surface area contributed by atoms with Gasteiger partial charge in [0.05, 0.1) is 0 Å². The molecule has 0 aromatic carbocycles. The van der Waals surface area contributed by atoms with Gasteiger partial charge >= 0.3 is 165 Å². The van der Waals surface area contributed by atoms with Crippen molar-refractivity contribution in [1.82, 2.24) is 0 Å². The van der Waals surface area contributed by atoms with E-state index in [1.807, 2.05) is 22.7 Å². The number of rotatable bonds is 4. The molecular formula is C20H20S2Se2. The van der Waals surface area contributed by atoms with Crippen LogP contribution in [0.4, 0.5) is 0 Å². The van der Waals surface area contributed by atoms with E-state index in [0.29, 0.717) is 40.8 Å². The molecule has 4 rings (SSSR count). The first-order valence-electron chi connectivity index (χ1n) is 8.25. The predicted molar refractivity (Wildman–Crippen MR) is 113 cm³/mol. The molecule has 4 heteroatoms. The van der Waals surface area contributed by atoms with Gasteiger partial charge in [-0.1, -0.05) is 0 Å². The molecule has 4 heterocycles. The fourth-order valence-corrected chi connectivity index (χ4v) is 11.0. The van der Waals surface area contributed by atoms with Crippen LogP contribution in [0.25, 0.3) is 27.1 Å². The summed E-state index contributed by atoms with van der Waals surface area (Å²) in [6.45, 7) is 9.14. The molecule has 124 valence electrons. The maximum absolute atomic E-state index is 2.51. The Morgan fingerprint density at radius 3 is 1.42 bits per heavy atom. The average molecular weight is 482 g/mol. The van der Waals surface area contributed by atoms with E-state index < -0.39 is 0 Å². The molecule has 0 aliphatic heterocycles. The molecule has 0 radical (unpaired) electrons. The number of fused-ring (bicyclic) bond motifs is 1. The minimum atomic E-state index is 0.496. The predicted octanol–water partition coefficient (Wildman–Crippen LogP) is 6.66. The van der Waals surface area contributed by atoms with E-state index in [9.17, 15) is 0 Å². The second-order valence-electron chi connectivity index (χ2n) is 6.66. The van der Waals surface area contributed by atoms with E-state index >= 15 is 0 Å². The summed E-state index contributed by atoms with van der Waals surface area (Å²) in [5, 5.41) is 0. The van der Waals surface area contributed by atoms with Crippen LogP contribution in [0.3, 0.4) is 0 Å². The zero-order valence-electron chi connectivity index (χ0n) is 14.3. The molecule has 4 aromatic rings. The molecule has 0 fully saturated rings. The molecule has 0 N–H and O–H groups in total. The molecule has 0 unspecified atom stereocenters. The van der Waals surface area contributed by atoms with Crippen molar-refractivity contribution < 1.29 is 0 Å². The molecule has 0 spiro atoms. The van der Waals surface area contributed by atoms with Gasteiger partial charge in [-0.15, -0.1) is 0 Å². The molecule has 24 heavy (non-hydrogen) atoms. The first-order chi connectivity index (χ1) is 11.5. The van der Waals surface area contributed by atoms with E-state index in [1.165, 1.54) is 19.5 Å². The van der Waals surface area contributed by atoms with Gasteiger partial charge < -0.3 is 0 Å². The topological polar surface area (TPSA) is 0 Å². The van der Waals surface area contributed by atoms with E-state index in [-0.39, 0.29) is 0 Å². The van der Waals surface area contributed by atoms with Crippen LogP contribution in [0.15, 0.2) is 36.4 Å². The van der Waals surface area contributed by atoms with E-state index in [2.05, 4.69) is 64.1 Å². The van der Waals surface area contributed by atoms with Crippen LogP contribution in [0.2, 0.25) is 0 Å². The number of hydrogen-bond acceptors (Lipinski definition) is 2. The molecule has 0 atom stereocenters. The summed E-state index contributed by atoms with van der Waals surface area (Å²) in [5.74, 6) is 1.28. The van der Waals surface area contributed by atoms with Crippen LogP contribution in [-0.4, -0.2) is 29.0 Å². The van der Waals surface area contributed by atoms with Crippen molar-refractivity contribution in [1.29, 1.82) is 0 Å². The van der Waals surface area contributed by atoms with Gasteiger partial charge in [0.25, 0.3) is 0 Å². The van der Waals surface area contributed by atoms with Gasteiger partial charge in [-0.2, -0.15) is 0 Å². The molecule has 0 amide bonds. The summed E-state index contributed by atoms with van der Waals surface area (Å²) in [6, 6.07) is 14.3. The second kappa shape index (κ2) is 6.76. The fraction of sp³-hybridized carbons (Fsp3) is 0.300. The Kier molecular flexibility index (Phi) is 4.81. The molecule has 0 nitrogen and oxygen atoms in total. The number of thiophene rings is 2. The monoisotopic (exact) mass is 484 g/mol. The third kappa shape index (κ3) is 3.21. The van der Waals surface area contributed by atoms with E-state index in [4.69, 9.17) is 0 Å².